The van der Waals surface area contributed by atoms with Gasteiger partial charge in [0, 0.05) is 14.3 Å². The number of aromatic nitrogens is 1. The van der Waals surface area contributed by atoms with Crippen LogP contribution in [0.3, 0.4) is 0 Å². The van der Waals surface area contributed by atoms with Gasteiger partial charge in [0.2, 0.25) is 0 Å². The minimum absolute atomic E-state index is 0.446. The predicted octanol–water partition coefficient (Wildman–Crippen LogP) is 7.18. The van der Waals surface area contributed by atoms with Crippen LogP contribution in [0.1, 0.15) is 5.69 Å². The van der Waals surface area contributed by atoms with E-state index < -0.39 is 7.92 Å². The van der Waals surface area contributed by atoms with Gasteiger partial charge in [0.25, 0.3) is 0 Å². The van der Waals surface area contributed by atoms with Gasteiger partial charge < -0.3 is 0 Å². The molecule has 0 spiro atoms. The Kier molecular flexibility index (Phi) is 8.44. The Labute approximate surface area is 213 Å². The summed E-state index contributed by atoms with van der Waals surface area (Å²) in [7, 11) is -0.446. The average Bonchev–Trinajstić information content (AvgIpc) is 2.86. The highest BCUT2D eigenvalue weighted by atomic mass is 127. The number of rotatable bonds is 4. The second-order valence-corrected chi connectivity index (χ2v) is 11.0. The Morgan fingerprint density at radius 3 is 1.53 bits per heavy atom. The second kappa shape index (κ2) is 11.7. The zero-order valence-electron chi connectivity index (χ0n) is 17.4. The van der Waals surface area contributed by atoms with Crippen molar-refractivity contribution in [2.75, 3.05) is 0 Å². The molecule has 4 heteroatoms. The summed E-state index contributed by atoms with van der Waals surface area (Å²) in [5.41, 5.74) is 2.18. The van der Waals surface area contributed by atoms with Crippen molar-refractivity contribution in [1.29, 1.82) is 0 Å². The van der Waals surface area contributed by atoms with Crippen molar-refractivity contribution < 1.29 is 0 Å². The number of benzene rings is 4. The number of para-hydroxylation sites is 1. The Balaban J connectivity index is 0.000000165. The minimum Gasteiger partial charge on any atom is -0.251 e. The number of nitrogens with zero attached hydrogens (tertiary/aromatic N) is 1. The van der Waals surface area contributed by atoms with Crippen LogP contribution in [0.2, 0.25) is 0 Å². The van der Waals surface area contributed by atoms with Crippen LogP contribution in [0.15, 0.2) is 121 Å². The SMILES string of the molecule is BrCc1nc2ccccc2cc1I.c1ccc(P(c2ccccc2)c2ccccc2)cc1. The lowest BCUT2D eigenvalue weighted by Crippen LogP contribution is -2.20. The summed E-state index contributed by atoms with van der Waals surface area (Å²) in [5, 5.41) is 6.21. The van der Waals surface area contributed by atoms with Crippen LogP contribution < -0.4 is 15.9 Å². The molecule has 5 aromatic rings. The van der Waals surface area contributed by atoms with E-state index in [1.54, 1.807) is 0 Å². The highest BCUT2D eigenvalue weighted by molar-refractivity contribution is 14.1. The van der Waals surface area contributed by atoms with Gasteiger partial charge in [-0.3, -0.25) is 4.98 Å². The van der Waals surface area contributed by atoms with Gasteiger partial charge in [0.15, 0.2) is 0 Å². The van der Waals surface area contributed by atoms with Crippen LogP contribution in [0.4, 0.5) is 0 Å². The fourth-order valence-corrected chi connectivity index (χ4v) is 7.31. The van der Waals surface area contributed by atoms with Crippen molar-refractivity contribution in [2.24, 2.45) is 0 Å². The molecular formula is C28H22BrINP. The van der Waals surface area contributed by atoms with Crippen molar-refractivity contribution >= 4 is 73.3 Å². The van der Waals surface area contributed by atoms with E-state index in [0.717, 1.165) is 16.5 Å². The minimum atomic E-state index is -0.446. The molecule has 0 aliphatic rings. The van der Waals surface area contributed by atoms with Crippen LogP contribution in [0.25, 0.3) is 10.9 Å². The zero-order valence-corrected chi connectivity index (χ0v) is 22.0. The Morgan fingerprint density at radius 1 is 0.625 bits per heavy atom. The molecule has 1 nitrogen and oxygen atoms in total. The molecule has 0 aliphatic heterocycles. The molecule has 1 aromatic heterocycles. The maximum absolute atomic E-state index is 4.54. The molecule has 158 valence electrons. The number of fused-ring (bicyclic) bond motifs is 1. The van der Waals surface area contributed by atoms with E-state index in [9.17, 15) is 0 Å². The maximum Gasteiger partial charge on any atom is 0.0706 e. The summed E-state index contributed by atoms with van der Waals surface area (Å²) in [4.78, 5) is 4.54. The number of halogens is 2. The second-order valence-electron chi connectivity index (χ2n) is 7.09. The number of hydrogen-bond donors (Lipinski definition) is 0. The molecule has 0 fully saturated rings. The fraction of sp³-hybridized carbons (Fsp3) is 0.0357. The molecule has 5 rings (SSSR count). The number of alkyl halides is 1. The highest BCUT2D eigenvalue weighted by Gasteiger charge is 2.15. The quantitative estimate of drug-likeness (QED) is 0.119. The summed E-state index contributed by atoms with van der Waals surface area (Å²) >= 11 is 5.74. The maximum atomic E-state index is 4.54. The van der Waals surface area contributed by atoms with Gasteiger partial charge in [-0.1, -0.05) is 125 Å². The molecule has 0 bridgehead atoms. The first kappa shape index (κ1) is 23.1. The molecule has 0 amide bonds. The molecule has 0 saturated heterocycles. The van der Waals surface area contributed by atoms with Crippen LogP contribution in [-0.2, 0) is 5.33 Å². The summed E-state index contributed by atoms with van der Waals surface area (Å²) in [6, 6.07) is 42.7. The Bertz CT molecular complexity index is 1170. The molecule has 0 N–H and O–H groups in total. The fourth-order valence-electron chi connectivity index (χ4n) is 3.40. The van der Waals surface area contributed by atoms with Gasteiger partial charge in [0.05, 0.1) is 11.2 Å². The van der Waals surface area contributed by atoms with Crippen molar-refractivity contribution in [1.82, 2.24) is 4.98 Å². The lowest BCUT2D eigenvalue weighted by molar-refractivity contribution is 1.21. The van der Waals surface area contributed by atoms with Gasteiger partial charge >= 0.3 is 0 Å². The summed E-state index contributed by atoms with van der Waals surface area (Å²) in [6.45, 7) is 0. The van der Waals surface area contributed by atoms with E-state index in [1.165, 1.54) is 24.9 Å². The van der Waals surface area contributed by atoms with Crippen molar-refractivity contribution in [3.63, 3.8) is 0 Å². The van der Waals surface area contributed by atoms with Crippen LogP contribution >= 0.6 is 46.4 Å². The van der Waals surface area contributed by atoms with E-state index in [0.29, 0.717) is 0 Å². The van der Waals surface area contributed by atoms with E-state index in [-0.39, 0.29) is 0 Å². The van der Waals surface area contributed by atoms with Crippen LogP contribution in [-0.4, -0.2) is 4.98 Å². The summed E-state index contributed by atoms with van der Waals surface area (Å²) < 4.78 is 1.22. The van der Waals surface area contributed by atoms with Gasteiger partial charge in [-0.2, -0.15) is 0 Å². The van der Waals surface area contributed by atoms with E-state index >= 15 is 0 Å². The molecular weight excluding hydrogens is 588 g/mol. The van der Waals surface area contributed by atoms with Gasteiger partial charge in [0.1, 0.15) is 0 Å². The molecule has 0 aliphatic carbocycles. The summed E-state index contributed by atoms with van der Waals surface area (Å²) in [5.74, 6) is 0. The first-order valence-electron chi connectivity index (χ1n) is 10.3. The smallest absolute Gasteiger partial charge is 0.0706 e. The van der Waals surface area contributed by atoms with Crippen molar-refractivity contribution in [2.45, 2.75) is 5.33 Å². The molecule has 32 heavy (non-hydrogen) atoms. The highest BCUT2D eigenvalue weighted by Crippen LogP contribution is 2.32. The molecule has 0 unspecified atom stereocenters. The summed E-state index contributed by atoms with van der Waals surface area (Å²) in [6.07, 6.45) is 0. The predicted molar refractivity (Wildman–Crippen MR) is 152 cm³/mol. The zero-order chi connectivity index (χ0) is 22.2. The van der Waals surface area contributed by atoms with Crippen LogP contribution in [0.5, 0.6) is 0 Å². The van der Waals surface area contributed by atoms with E-state index in [4.69, 9.17) is 0 Å². The normalized spacial score (nSPS) is 10.6. The number of hydrogen-bond acceptors (Lipinski definition) is 1. The Hall–Kier alpha value is -2.07. The third kappa shape index (κ3) is 5.83. The van der Waals surface area contributed by atoms with Crippen LogP contribution in [0, 0.1) is 3.57 Å². The number of pyridine rings is 1. The van der Waals surface area contributed by atoms with Crippen molar-refractivity contribution in [3.05, 3.63) is 131 Å². The average molecular weight is 610 g/mol. The largest absolute Gasteiger partial charge is 0.251 e. The first-order chi connectivity index (χ1) is 15.8. The first-order valence-corrected chi connectivity index (χ1v) is 13.9. The molecule has 0 radical (unpaired) electrons. The van der Waals surface area contributed by atoms with Gasteiger partial charge in [-0.15, -0.1) is 0 Å². The van der Waals surface area contributed by atoms with E-state index in [2.05, 4.69) is 147 Å². The molecule has 4 aromatic carbocycles. The molecule has 1 heterocycles. The monoisotopic (exact) mass is 609 g/mol. The lowest BCUT2D eigenvalue weighted by Gasteiger charge is -2.18. The lowest BCUT2D eigenvalue weighted by atomic mass is 10.2. The Morgan fingerprint density at radius 2 is 1.06 bits per heavy atom. The third-order valence-corrected chi connectivity index (χ3v) is 8.83. The van der Waals surface area contributed by atoms with Crippen molar-refractivity contribution in [3.8, 4) is 0 Å². The van der Waals surface area contributed by atoms with Gasteiger partial charge in [-0.05, 0) is 58.6 Å². The molecule has 0 saturated carbocycles. The molecule has 0 atom stereocenters. The standard InChI is InChI=1S/C18H15P.C10H7BrIN/c1-4-10-16(11-5-1)19(17-12-6-2-7-13-17)18-14-8-3-9-15-18;11-6-10-8(12)5-7-3-1-2-4-9(7)13-10/h1-15H;1-5H,6H2. The topological polar surface area (TPSA) is 12.9 Å². The van der Waals surface area contributed by atoms with E-state index in [1.807, 2.05) is 18.2 Å². The third-order valence-electron chi connectivity index (χ3n) is 4.92. The van der Waals surface area contributed by atoms with Gasteiger partial charge in [-0.25, -0.2) is 0 Å².